The highest BCUT2D eigenvalue weighted by Crippen LogP contribution is 2.26. The van der Waals surface area contributed by atoms with Gasteiger partial charge in [0.1, 0.15) is 6.61 Å². The van der Waals surface area contributed by atoms with E-state index in [1.54, 1.807) is 24.3 Å². The van der Waals surface area contributed by atoms with E-state index in [-0.39, 0.29) is 6.61 Å². The van der Waals surface area contributed by atoms with Crippen molar-refractivity contribution in [1.82, 2.24) is 0 Å². The Bertz CT molecular complexity index is 363. The van der Waals surface area contributed by atoms with E-state index in [0.29, 0.717) is 10.0 Å². The third-order valence-corrected chi connectivity index (χ3v) is 2.48. The highest BCUT2D eigenvalue weighted by Gasteiger charge is 2.23. The summed E-state index contributed by atoms with van der Waals surface area (Å²) >= 11 is 19.6. The van der Waals surface area contributed by atoms with Gasteiger partial charge in [0.25, 0.3) is 0 Å². The van der Waals surface area contributed by atoms with Crippen LogP contribution in [0.2, 0.25) is 0 Å². The topological polar surface area (TPSA) is 26.3 Å². The van der Waals surface area contributed by atoms with Crippen LogP contribution in [0, 0.1) is 0 Å². The van der Waals surface area contributed by atoms with Gasteiger partial charge in [0, 0.05) is 4.47 Å². The van der Waals surface area contributed by atoms with Crippen LogP contribution in [-0.4, -0.2) is 16.4 Å². The van der Waals surface area contributed by atoms with Crippen LogP contribution in [0.1, 0.15) is 10.4 Å². The van der Waals surface area contributed by atoms with Crippen molar-refractivity contribution in [2.75, 3.05) is 6.61 Å². The summed E-state index contributed by atoms with van der Waals surface area (Å²) in [5.74, 6) is -0.534. The Labute approximate surface area is 111 Å². The van der Waals surface area contributed by atoms with Gasteiger partial charge in [-0.15, -0.1) is 0 Å². The van der Waals surface area contributed by atoms with Crippen LogP contribution in [0.25, 0.3) is 0 Å². The second-order valence-corrected chi connectivity index (χ2v) is 6.04. The van der Waals surface area contributed by atoms with Crippen molar-refractivity contribution in [2.24, 2.45) is 0 Å². The molecule has 0 fully saturated rings. The van der Waals surface area contributed by atoms with E-state index < -0.39 is 9.76 Å². The van der Waals surface area contributed by atoms with E-state index in [9.17, 15) is 4.79 Å². The van der Waals surface area contributed by atoms with Crippen molar-refractivity contribution in [1.29, 1.82) is 0 Å². The molecular formula is C9H6BrCl3O2. The highest BCUT2D eigenvalue weighted by atomic mass is 79.9. The molecule has 1 rings (SSSR count). The normalized spacial score (nSPS) is 11.2. The van der Waals surface area contributed by atoms with Crippen molar-refractivity contribution >= 4 is 56.7 Å². The zero-order valence-corrected chi connectivity index (χ0v) is 11.2. The summed E-state index contributed by atoms with van der Waals surface area (Å²) in [5, 5.41) is 0. The Morgan fingerprint density at radius 2 is 1.93 bits per heavy atom. The molecule has 0 aliphatic heterocycles. The second-order valence-electron chi connectivity index (χ2n) is 2.67. The average molecular weight is 332 g/mol. The summed E-state index contributed by atoms with van der Waals surface area (Å²) in [6, 6.07) is 6.85. The molecule has 0 spiro atoms. The van der Waals surface area contributed by atoms with Crippen LogP contribution in [-0.2, 0) is 4.74 Å². The van der Waals surface area contributed by atoms with E-state index in [2.05, 4.69) is 15.9 Å². The van der Waals surface area contributed by atoms with Crippen LogP contribution < -0.4 is 0 Å². The van der Waals surface area contributed by atoms with Gasteiger partial charge in [-0.1, -0.05) is 46.9 Å². The first-order valence-corrected chi connectivity index (χ1v) is 5.81. The summed E-state index contributed by atoms with van der Waals surface area (Å²) in [5.41, 5.74) is 0.395. The van der Waals surface area contributed by atoms with Gasteiger partial charge in [-0.25, -0.2) is 4.79 Å². The zero-order valence-electron chi connectivity index (χ0n) is 7.34. The maximum Gasteiger partial charge on any atom is 0.339 e. The van der Waals surface area contributed by atoms with Crippen LogP contribution in [0.4, 0.5) is 0 Å². The SMILES string of the molecule is O=C(OCC(Cl)(Cl)Cl)c1ccccc1Br. The minimum Gasteiger partial charge on any atom is -0.458 e. The Morgan fingerprint density at radius 1 is 1.33 bits per heavy atom. The number of rotatable bonds is 2. The molecule has 0 N–H and O–H groups in total. The number of hydrogen-bond acceptors (Lipinski definition) is 2. The van der Waals surface area contributed by atoms with E-state index >= 15 is 0 Å². The Balaban J connectivity index is 2.66. The van der Waals surface area contributed by atoms with Crippen molar-refractivity contribution < 1.29 is 9.53 Å². The molecule has 1 aromatic rings. The summed E-state index contributed by atoms with van der Waals surface area (Å²) in [4.78, 5) is 11.5. The molecule has 0 atom stereocenters. The number of alkyl halides is 3. The van der Waals surface area contributed by atoms with Crippen molar-refractivity contribution in [3.8, 4) is 0 Å². The first-order valence-electron chi connectivity index (χ1n) is 3.88. The van der Waals surface area contributed by atoms with Gasteiger partial charge in [-0.05, 0) is 28.1 Å². The van der Waals surface area contributed by atoms with Gasteiger partial charge in [-0.2, -0.15) is 0 Å². The second kappa shape index (κ2) is 5.39. The number of ether oxygens (including phenoxy) is 1. The van der Waals surface area contributed by atoms with Crippen LogP contribution in [0.15, 0.2) is 28.7 Å². The molecule has 0 saturated carbocycles. The largest absolute Gasteiger partial charge is 0.458 e. The first kappa shape index (κ1) is 13.1. The van der Waals surface area contributed by atoms with Gasteiger partial charge < -0.3 is 4.74 Å². The molecule has 0 aromatic heterocycles. The Hall–Kier alpha value is 0.0400. The molecule has 0 aliphatic rings. The fourth-order valence-electron chi connectivity index (χ4n) is 0.852. The van der Waals surface area contributed by atoms with Gasteiger partial charge in [-0.3, -0.25) is 0 Å². The number of halogens is 4. The van der Waals surface area contributed by atoms with E-state index in [4.69, 9.17) is 39.5 Å². The molecule has 0 bridgehead atoms. The van der Waals surface area contributed by atoms with E-state index in [0.717, 1.165) is 0 Å². The predicted molar refractivity (Wildman–Crippen MR) is 64.7 cm³/mol. The van der Waals surface area contributed by atoms with Crippen LogP contribution >= 0.6 is 50.7 Å². The smallest absolute Gasteiger partial charge is 0.339 e. The molecule has 0 aliphatic carbocycles. The molecule has 0 unspecified atom stereocenters. The number of benzene rings is 1. The molecule has 0 heterocycles. The van der Waals surface area contributed by atoms with Crippen molar-refractivity contribution in [3.05, 3.63) is 34.3 Å². The molecule has 0 amide bonds. The minimum atomic E-state index is -1.59. The lowest BCUT2D eigenvalue weighted by molar-refractivity contribution is 0.0511. The standard InChI is InChI=1S/C9H6BrCl3O2/c10-7-4-2-1-3-6(7)8(14)15-5-9(11,12)13/h1-4H,5H2. The number of esters is 1. The number of carbonyl (C=O) groups is 1. The quantitative estimate of drug-likeness (QED) is 0.605. The fourth-order valence-corrected chi connectivity index (χ4v) is 1.46. The molecule has 1 aromatic carbocycles. The lowest BCUT2D eigenvalue weighted by Gasteiger charge is -2.11. The summed E-state index contributed by atoms with van der Waals surface area (Å²) in [6.07, 6.45) is 0. The maximum atomic E-state index is 11.5. The molecule has 0 radical (unpaired) electrons. The molecule has 82 valence electrons. The minimum absolute atomic E-state index is 0.280. The molecule has 0 saturated heterocycles. The maximum absolute atomic E-state index is 11.5. The fraction of sp³-hybridized carbons (Fsp3) is 0.222. The Kier molecular flexibility index (Phi) is 4.71. The monoisotopic (exact) mass is 330 g/mol. The zero-order chi connectivity index (χ0) is 11.5. The van der Waals surface area contributed by atoms with Crippen molar-refractivity contribution in [2.45, 2.75) is 3.79 Å². The third-order valence-electron chi connectivity index (χ3n) is 1.46. The number of carbonyl (C=O) groups excluding carboxylic acids is 1. The van der Waals surface area contributed by atoms with Gasteiger partial charge in [0.2, 0.25) is 3.79 Å². The van der Waals surface area contributed by atoms with E-state index in [1.807, 2.05) is 0 Å². The molecule has 6 heteroatoms. The van der Waals surface area contributed by atoms with Crippen LogP contribution in [0.5, 0.6) is 0 Å². The van der Waals surface area contributed by atoms with E-state index in [1.165, 1.54) is 0 Å². The lowest BCUT2D eigenvalue weighted by Crippen LogP contribution is -2.17. The summed E-state index contributed by atoms with van der Waals surface area (Å²) in [6.45, 7) is -0.280. The van der Waals surface area contributed by atoms with Gasteiger partial charge >= 0.3 is 5.97 Å². The van der Waals surface area contributed by atoms with Gasteiger partial charge in [0.15, 0.2) is 0 Å². The first-order chi connectivity index (χ1) is 6.90. The van der Waals surface area contributed by atoms with Gasteiger partial charge in [0.05, 0.1) is 5.56 Å². The Morgan fingerprint density at radius 3 is 2.47 bits per heavy atom. The van der Waals surface area contributed by atoms with Crippen LogP contribution in [0.3, 0.4) is 0 Å². The lowest BCUT2D eigenvalue weighted by atomic mass is 10.2. The average Bonchev–Trinajstić information content (AvgIpc) is 2.14. The summed E-state index contributed by atoms with van der Waals surface area (Å²) in [7, 11) is 0. The van der Waals surface area contributed by atoms with Crippen molar-refractivity contribution in [3.63, 3.8) is 0 Å². The molecular weight excluding hydrogens is 326 g/mol. The molecule has 2 nitrogen and oxygen atoms in total. The highest BCUT2D eigenvalue weighted by molar-refractivity contribution is 9.10. The number of hydrogen-bond donors (Lipinski definition) is 0. The molecule has 15 heavy (non-hydrogen) atoms. The predicted octanol–water partition coefficient (Wildman–Crippen LogP) is 3.98. The third kappa shape index (κ3) is 4.60. The summed E-state index contributed by atoms with van der Waals surface area (Å²) < 4.78 is 3.86.